The maximum atomic E-state index is 4.63. The molecule has 1 aromatic heterocycles. The number of nitrogens with zero attached hydrogens (tertiary/aromatic N) is 3. The number of benzene rings is 2. The number of allylic oxidation sites excluding steroid dienone is 4. The van der Waals surface area contributed by atoms with E-state index in [4.69, 9.17) is 0 Å². The summed E-state index contributed by atoms with van der Waals surface area (Å²) in [5.41, 5.74) is 5.17. The molecule has 0 radical (unpaired) electrons. The fraction of sp³-hybridized carbons (Fsp3) is 0.217. The Bertz CT molecular complexity index is 1090. The molecule has 0 saturated heterocycles. The van der Waals surface area contributed by atoms with Crippen LogP contribution in [0.4, 0.5) is 10.8 Å². The van der Waals surface area contributed by atoms with Gasteiger partial charge in [0.15, 0.2) is 0 Å². The Morgan fingerprint density at radius 2 is 1.78 bits per heavy atom. The third-order valence-electron chi connectivity index (χ3n) is 5.29. The van der Waals surface area contributed by atoms with Crippen LogP contribution in [0, 0.1) is 0 Å². The Balaban J connectivity index is 1.55. The van der Waals surface area contributed by atoms with E-state index in [-0.39, 0.29) is 5.41 Å². The van der Waals surface area contributed by atoms with Crippen molar-refractivity contribution < 1.29 is 4.57 Å². The Morgan fingerprint density at radius 3 is 2.56 bits per heavy atom. The van der Waals surface area contributed by atoms with E-state index in [2.05, 4.69) is 103 Å². The number of rotatable bonds is 3. The highest BCUT2D eigenvalue weighted by atomic mass is 32.1. The summed E-state index contributed by atoms with van der Waals surface area (Å²) in [5.74, 6) is 0. The van der Waals surface area contributed by atoms with Crippen LogP contribution in [-0.2, 0) is 12.5 Å². The van der Waals surface area contributed by atoms with Crippen molar-refractivity contribution in [2.24, 2.45) is 12.0 Å². The van der Waals surface area contributed by atoms with E-state index in [0.29, 0.717) is 0 Å². The maximum absolute atomic E-state index is 4.63. The van der Waals surface area contributed by atoms with Crippen LogP contribution in [0.3, 0.4) is 0 Å². The predicted molar refractivity (Wildman–Crippen MR) is 116 cm³/mol. The highest BCUT2D eigenvalue weighted by molar-refractivity contribution is 7.21. The zero-order chi connectivity index (χ0) is 19.0. The first-order valence-corrected chi connectivity index (χ1v) is 9.94. The van der Waals surface area contributed by atoms with Gasteiger partial charge in [0.05, 0.1) is 11.7 Å². The van der Waals surface area contributed by atoms with Crippen LogP contribution in [0.15, 0.2) is 77.4 Å². The van der Waals surface area contributed by atoms with Gasteiger partial charge < -0.3 is 4.90 Å². The fourth-order valence-electron chi connectivity index (χ4n) is 3.81. The molecule has 2 aromatic carbocycles. The minimum Gasteiger partial charge on any atom is -0.347 e. The molecule has 1 aliphatic rings. The van der Waals surface area contributed by atoms with E-state index < -0.39 is 0 Å². The van der Waals surface area contributed by atoms with Crippen molar-refractivity contribution in [1.29, 1.82) is 0 Å². The average Bonchev–Trinajstić information content (AvgIpc) is 3.09. The molecule has 0 N–H and O–H groups in total. The third kappa shape index (κ3) is 3.00. The standard InChI is InChI=1S/C23H24N3S/c1-23(2)17-11-5-6-12-18(17)25(3)21(23)15-9-10-16-24-22-26(4)19-13-7-8-14-20(19)27-22/h5-16H,1-4H3/q+1. The molecule has 136 valence electrons. The molecule has 3 nitrogen and oxygen atoms in total. The molecule has 0 fully saturated rings. The fourth-order valence-corrected chi connectivity index (χ4v) is 4.81. The molecule has 0 aliphatic carbocycles. The van der Waals surface area contributed by atoms with E-state index in [9.17, 15) is 0 Å². The van der Waals surface area contributed by atoms with Gasteiger partial charge in [-0.1, -0.05) is 50.3 Å². The number of aryl methyl sites for hydroxylation is 1. The van der Waals surface area contributed by atoms with E-state index in [0.717, 1.165) is 5.13 Å². The summed E-state index contributed by atoms with van der Waals surface area (Å²) >= 11 is 1.71. The van der Waals surface area contributed by atoms with Gasteiger partial charge in [-0.2, -0.15) is 0 Å². The second-order valence-electron chi connectivity index (χ2n) is 7.33. The first-order chi connectivity index (χ1) is 13.0. The van der Waals surface area contributed by atoms with Crippen molar-refractivity contribution in [3.05, 3.63) is 78.0 Å². The lowest BCUT2D eigenvalue weighted by Gasteiger charge is -2.23. The van der Waals surface area contributed by atoms with Gasteiger partial charge >= 0.3 is 5.13 Å². The molecule has 2 heterocycles. The Hall–Kier alpha value is -2.72. The van der Waals surface area contributed by atoms with Gasteiger partial charge in [-0.05, 0) is 52.2 Å². The number of aromatic nitrogens is 1. The number of anilines is 1. The van der Waals surface area contributed by atoms with Crippen molar-refractivity contribution in [3.63, 3.8) is 0 Å². The average molecular weight is 375 g/mol. The number of para-hydroxylation sites is 2. The van der Waals surface area contributed by atoms with E-state index in [1.54, 1.807) is 11.3 Å². The number of thiazole rings is 1. The van der Waals surface area contributed by atoms with Crippen molar-refractivity contribution in [1.82, 2.24) is 0 Å². The van der Waals surface area contributed by atoms with Gasteiger partial charge in [-0.25, -0.2) is 4.57 Å². The molecule has 3 aromatic rings. The van der Waals surface area contributed by atoms with Crippen LogP contribution in [0.5, 0.6) is 0 Å². The largest absolute Gasteiger partial charge is 0.382 e. The van der Waals surface area contributed by atoms with Crippen molar-refractivity contribution >= 4 is 38.6 Å². The lowest BCUT2D eigenvalue weighted by Crippen LogP contribution is -2.25. The van der Waals surface area contributed by atoms with Crippen molar-refractivity contribution in [3.8, 4) is 0 Å². The molecule has 1 aliphatic heterocycles. The van der Waals surface area contributed by atoms with Gasteiger partial charge in [0.25, 0.3) is 0 Å². The topological polar surface area (TPSA) is 19.5 Å². The molecular weight excluding hydrogens is 350 g/mol. The van der Waals surface area contributed by atoms with Gasteiger partial charge in [0.2, 0.25) is 0 Å². The summed E-state index contributed by atoms with van der Waals surface area (Å²) in [7, 11) is 4.20. The summed E-state index contributed by atoms with van der Waals surface area (Å²) in [6.07, 6.45) is 8.15. The third-order valence-corrected chi connectivity index (χ3v) is 6.42. The highest BCUT2D eigenvalue weighted by Crippen LogP contribution is 2.46. The number of aliphatic imine (C=N–C) groups is 1. The molecule has 0 saturated carbocycles. The molecule has 0 atom stereocenters. The second kappa shape index (κ2) is 6.78. The predicted octanol–water partition coefficient (Wildman–Crippen LogP) is 5.30. The van der Waals surface area contributed by atoms with Crippen LogP contribution in [0.2, 0.25) is 0 Å². The molecule has 27 heavy (non-hydrogen) atoms. The van der Waals surface area contributed by atoms with Crippen LogP contribution in [-0.4, -0.2) is 13.3 Å². The lowest BCUT2D eigenvalue weighted by atomic mass is 9.84. The lowest BCUT2D eigenvalue weighted by molar-refractivity contribution is -0.627. The minimum absolute atomic E-state index is 0.00470. The zero-order valence-electron chi connectivity index (χ0n) is 16.2. The summed E-state index contributed by atoms with van der Waals surface area (Å²) in [6.45, 7) is 4.56. The molecule has 0 unspecified atom stereocenters. The van der Waals surface area contributed by atoms with Crippen LogP contribution >= 0.6 is 11.3 Å². The van der Waals surface area contributed by atoms with Crippen LogP contribution in [0.25, 0.3) is 10.2 Å². The molecule has 4 heteroatoms. The monoisotopic (exact) mass is 374 g/mol. The summed E-state index contributed by atoms with van der Waals surface area (Å²) in [6, 6.07) is 17.0. The smallest absolute Gasteiger partial charge is 0.347 e. The normalized spacial score (nSPS) is 17.6. The SMILES string of the molecule is CN1/C(=C/C=C/C=N/c2sc3ccccc3[n+]2C)C(C)(C)c2ccccc21. The van der Waals surface area contributed by atoms with Gasteiger partial charge in [0, 0.05) is 23.8 Å². The molecule has 0 bridgehead atoms. The maximum Gasteiger partial charge on any atom is 0.382 e. The quantitative estimate of drug-likeness (QED) is 0.450. The van der Waals surface area contributed by atoms with E-state index in [1.807, 2.05) is 12.3 Å². The van der Waals surface area contributed by atoms with E-state index >= 15 is 0 Å². The minimum atomic E-state index is 0.00470. The first-order valence-electron chi connectivity index (χ1n) is 9.12. The summed E-state index contributed by atoms with van der Waals surface area (Å²) < 4.78 is 3.39. The van der Waals surface area contributed by atoms with Crippen molar-refractivity contribution in [2.45, 2.75) is 19.3 Å². The molecule has 4 rings (SSSR count). The van der Waals surface area contributed by atoms with Gasteiger partial charge in [0.1, 0.15) is 11.7 Å². The van der Waals surface area contributed by atoms with Crippen LogP contribution in [0.1, 0.15) is 19.4 Å². The second-order valence-corrected chi connectivity index (χ2v) is 8.34. The Labute approximate surface area is 164 Å². The summed E-state index contributed by atoms with van der Waals surface area (Å²) in [5, 5.41) is 0.999. The Kier molecular flexibility index (Phi) is 4.44. The first kappa shape index (κ1) is 17.7. The molecule has 0 spiro atoms. The van der Waals surface area contributed by atoms with Gasteiger partial charge in [-0.3, -0.25) is 0 Å². The van der Waals surface area contributed by atoms with Crippen LogP contribution < -0.4 is 9.47 Å². The Morgan fingerprint density at radius 1 is 1.04 bits per heavy atom. The van der Waals surface area contributed by atoms with Crippen molar-refractivity contribution in [2.75, 3.05) is 11.9 Å². The number of fused-ring (bicyclic) bond motifs is 2. The number of likely N-dealkylation sites (N-methyl/N-ethyl adjacent to an activating group) is 1. The molecule has 0 amide bonds. The summed E-state index contributed by atoms with van der Waals surface area (Å²) in [4.78, 5) is 6.91. The zero-order valence-corrected chi connectivity index (χ0v) is 17.0. The van der Waals surface area contributed by atoms with Gasteiger partial charge in [-0.15, -0.1) is 0 Å². The molecular formula is C23H24N3S+. The highest BCUT2D eigenvalue weighted by Gasteiger charge is 2.37. The number of hydrogen-bond acceptors (Lipinski definition) is 3. The van der Waals surface area contributed by atoms with E-state index in [1.165, 1.54) is 27.2 Å². The number of hydrogen-bond donors (Lipinski definition) is 0.